The molecule has 1 unspecified atom stereocenters. The minimum Gasteiger partial charge on any atom is -0.463 e. The van der Waals surface area contributed by atoms with E-state index in [4.69, 9.17) is 4.74 Å². The SMILES string of the molecule is C=CC(=O)OCCCCCCCCCCCSC1NC=CC(=O)N1. The molecule has 2 N–H and O–H groups in total. The van der Waals surface area contributed by atoms with Gasteiger partial charge in [-0.15, -0.1) is 11.8 Å². The lowest BCUT2D eigenvalue weighted by molar-refractivity contribution is -0.137. The number of hydrogen-bond donors (Lipinski definition) is 2. The summed E-state index contributed by atoms with van der Waals surface area (Å²) in [6.07, 6.45) is 15.2. The Balaban J connectivity index is 1.76. The first kappa shape index (κ1) is 20.6. The molecule has 1 amide bonds. The first-order chi connectivity index (χ1) is 11.7. The molecule has 0 aliphatic carbocycles. The van der Waals surface area contributed by atoms with E-state index < -0.39 is 0 Å². The lowest BCUT2D eigenvalue weighted by Gasteiger charge is -2.20. The zero-order valence-corrected chi connectivity index (χ0v) is 15.2. The summed E-state index contributed by atoms with van der Waals surface area (Å²) in [6.45, 7) is 3.87. The van der Waals surface area contributed by atoms with Gasteiger partial charge in [0.1, 0.15) is 5.50 Å². The first-order valence-electron chi connectivity index (χ1n) is 8.86. The van der Waals surface area contributed by atoms with Gasteiger partial charge in [-0.05, 0) is 18.6 Å². The Morgan fingerprint density at radius 2 is 1.75 bits per heavy atom. The lowest BCUT2D eigenvalue weighted by Crippen LogP contribution is -2.43. The summed E-state index contributed by atoms with van der Waals surface area (Å²) in [6, 6.07) is 0. The molecule has 0 bridgehead atoms. The topological polar surface area (TPSA) is 67.4 Å². The quantitative estimate of drug-likeness (QED) is 0.284. The van der Waals surface area contributed by atoms with E-state index in [9.17, 15) is 9.59 Å². The number of carbonyl (C=O) groups is 2. The number of hydrogen-bond acceptors (Lipinski definition) is 5. The van der Waals surface area contributed by atoms with Crippen LogP contribution in [-0.2, 0) is 14.3 Å². The molecule has 0 fully saturated rings. The van der Waals surface area contributed by atoms with Crippen LogP contribution >= 0.6 is 11.8 Å². The van der Waals surface area contributed by atoms with E-state index >= 15 is 0 Å². The third kappa shape index (κ3) is 11.2. The van der Waals surface area contributed by atoms with Gasteiger partial charge in [0, 0.05) is 18.4 Å². The van der Waals surface area contributed by atoms with Crippen molar-refractivity contribution in [3.8, 4) is 0 Å². The van der Waals surface area contributed by atoms with Gasteiger partial charge < -0.3 is 15.4 Å². The summed E-state index contributed by atoms with van der Waals surface area (Å²) in [4.78, 5) is 22.0. The molecule has 1 aliphatic rings. The van der Waals surface area contributed by atoms with Crippen LogP contribution in [0.4, 0.5) is 0 Å². The van der Waals surface area contributed by atoms with Crippen molar-refractivity contribution in [2.24, 2.45) is 0 Å². The van der Waals surface area contributed by atoms with E-state index in [0.29, 0.717) is 6.61 Å². The van der Waals surface area contributed by atoms with E-state index in [2.05, 4.69) is 17.2 Å². The number of carbonyl (C=O) groups excluding carboxylic acids is 2. The van der Waals surface area contributed by atoms with Crippen LogP contribution in [0.5, 0.6) is 0 Å². The van der Waals surface area contributed by atoms with Gasteiger partial charge >= 0.3 is 5.97 Å². The van der Waals surface area contributed by atoms with Crippen LogP contribution in [0.25, 0.3) is 0 Å². The normalized spacial score (nSPS) is 16.3. The number of esters is 1. The van der Waals surface area contributed by atoms with Gasteiger partial charge in [-0.1, -0.05) is 51.5 Å². The second-order valence-corrected chi connectivity index (χ2v) is 7.03. The number of unbranched alkanes of at least 4 members (excludes halogenated alkanes) is 8. The lowest BCUT2D eigenvalue weighted by atomic mass is 10.1. The molecule has 0 saturated heterocycles. The Kier molecular flexibility index (Phi) is 12.0. The molecule has 136 valence electrons. The Morgan fingerprint density at radius 3 is 2.38 bits per heavy atom. The minimum absolute atomic E-state index is 0.0215. The van der Waals surface area contributed by atoms with Gasteiger partial charge in [0.05, 0.1) is 6.61 Å². The maximum absolute atomic E-state index is 11.2. The highest BCUT2D eigenvalue weighted by molar-refractivity contribution is 7.99. The summed E-state index contributed by atoms with van der Waals surface area (Å²) in [5.74, 6) is 0.714. The van der Waals surface area contributed by atoms with E-state index in [1.165, 1.54) is 57.1 Å². The van der Waals surface area contributed by atoms with Crippen LogP contribution in [0.3, 0.4) is 0 Å². The van der Waals surface area contributed by atoms with Crippen LogP contribution in [-0.4, -0.2) is 29.7 Å². The standard InChI is InChI=1S/C18H30N2O3S/c1-2-17(22)23-14-10-8-6-4-3-5-7-9-11-15-24-18-19-13-12-16(21)20-18/h2,12-13,18-19H,1,3-11,14-15H2,(H,20,21). The number of ether oxygens (including phenoxy) is 1. The molecule has 1 heterocycles. The fourth-order valence-corrected chi connectivity index (χ4v) is 3.38. The minimum atomic E-state index is -0.328. The summed E-state index contributed by atoms with van der Waals surface area (Å²) in [5.41, 5.74) is 0.0215. The summed E-state index contributed by atoms with van der Waals surface area (Å²) < 4.78 is 4.93. The third-order valence-corrected chi connectivity index (χ3v) is 4.85. The van der Waals surface area contributed by atoms with Gasteiger partial charge in [-0.2, -0.15) is 0 Å². The first-order valence-corrected chi connectivity index (χ1v) is 9.91. The van der Waals surface area contributed by atoms with Gasteiger partial charge in [-0.3, -0.25) is 4.79 Å². The van der Waals surface area contributed by atoms with Gasteiger partial charge in [-0.25, -0.2) is 4.79 Å². The highest BCUT2D eigenvalue weighted by Crippen LogP contribution is 2.14. The molecule has 24 heavy (non-hydrogen) atoms. The highest BCUT2D eigenvalue weighted by atomic mass is 32.2. The molecule has 0 radical (unpaired) electrons. The predicted molar refractivity (Wildman–Crippen MR) is 99.4 cm³/mol. The molecule has 0 saturated carbocycles. The largest absolute Gasteiger partial charge is 0.463 e. The highest BCUT2D eigenvalue weighted by Gasteiger charge is 2.12. The Hall–Kier alpha value is -1.43. The van der Waals surface area contributed by atoms with Crippen LogP contribution < -0.4 is 10.6 Å². The van der Waals surface area contributed by atoms with Crippen molar-refractivity contribution in [3.63, 3.8) is 0 Å². The molecule has 6 heteroatoms. The van der Waals surface area contributed by atoms with Crippen molar-refractivity contribution < 1.29 is 14.3 Å². The average molecular weight is 355 g/mol. The average Bonchev–Trinajstić information content (AvgIpc) is 2.58. The van der Waals surface area contributed by atoms with E-state index in [1.54, 1.807) is 18.0 Å². The van der Waals surface area contributed by atoms with Crippen molar-refractivity contribution >= 4 is 23.6 Å². The van der Waals surface area contributed by atoms with Crippen LogP contribution in [0.1, 0.15) is 57.8 Å². The summed E-state index contributed by atoms with van der Waals surface area (Å²) in [7, 11) is 0. The molecular formula is C18H30N2O3S. The van der Waals surface area contributed by atoms with Crippen LogP contribution in [0.2, 0.25) is 0 Å². The second-order valence-electron chi connectivity index (χ2n) is 5.81. The molecule has 0 aromatic heterocycles. The predicted octanol–water partition coefficient (Wildman–Crippen LogP) is 3.48. The smallest absolute Gasteiger partial charge is 0.330 e. The van der Waals surface area contributed by atoms with E-state index in [-0.39, 0.29) is 17.4 Å². The number of nitrogens with one attached hydrogen (secondary N) is 2. The molecule has 5 nitrogen and oxygen atoms in total. The summed E-state index contributed by atoms with van der Waals surface area (Å²) in [5, 5.41) is 5.98. The zero-order valence-electron chi connectivity index (χ0n) is 14.4. The van der Waals surface area contributed by atoms with Gasteiger partial charge in [0.15, 0.2) is 0 Å². The molecule has 1 aliphatic heterocycles. The van der Waals surface area contributed by atoms with Crippen molar-refractivity contribution in [1.29, 1.82) is 0 Å². The van der Waals surface area contributed by atoms with Crippen molar-refractivity contribution in [2.75, 3.05) is 12.4 Å². The molecular weight excluding hydrogens is 324 g/mol. The Morgan fingerprint density at radius 1 is 1.12 bits per heavy atom. The monoisotopic (exact) mass is 354 g/mol. The maximum Gasteiger partial charge on any atom is 0.330 e. The fraction of sp³-hybridized carbons (Fsp3) is 0.667. The van der Waals surface area contributed by atoms with Crippen molar-refractivity contribution in [2.45, 2.75) is 63.3 Å². The molecule has 0 aromatic carbocycles. The number of amides is 1. The Labute approximate surface area is 149 Å². The van der Waals surface area contributed by atoms with Crippen LogP contribution in [0, 0.1) is 0 Å². The van der Waals surface area contributed by atoms with Gasteiger partial charge in [0.2, 0.25) is 5.91 Å². The third-order valence-electron chi connectivity index (χ3n) is 3.74. The maximum atomic E-state index is 11.2. The Bertz CT molecular complexity index is 413. The van der Waals surface area contributed by atoms with Crippen LogP contribution in [0.15, 0.2) is 24.9 Å². The zero-order chi connectivity index (χ0) is 17.5. The summed E-state index contributed by atoms with van der Waals surface area (Å²) >= 11 is 1.75. The van der Waals surface area contributed by atoms with E-state index in [0.717, 1.165) is 18.6 Å². The molecule has 1 atom stereocenters. The number of thioether (sulfide) groups is 1. The van der Waals surface area contributed by atoms with Crippen molar-refractivity contribution in [3.05, 3.63) is 24.9 Å². The fourth-order valence-electron chi connectivity index (χ4n) is 2.39. The molecule has 0 aromatic rings. The molecule has 1 rings (SSSR count). The second kappa shape index (κ2) is 14.0. The van der Waals surface area contributed by atoms with Gasteiger partial charge in [0.25, 0.3) is 0 Å². The number of rotatable bonds is 14. The van der Waals surface area contributed by atoms with E-state index in [1.807, 2.05) is 0 Å². The molecule has 0 spiro atoms. The van der Waals surface area contributed by atoms with Crippen molar-refractivity contribution in [1.82, 2.24) is 10.6 Å².